The minimum Gasteiger partial charge on any atom is -0.493 e. The van der Waals surface area contributed by atoms with Gasteiger partial charge in [-0.25, -0.2) is 36.7 Å². The van der Waals surface area contributed by atoms with Gasteiger partial charge in [-0.2, -0.15) is 0 Å². The SMILES string of the molecule is COc1cc2ncc(-c3nc(N[C@H]4CNCC[C@@H]4F)ncc3F)n2nc1N1CCS(=O)(=O)CC1. The second-order valence-corrected chi connectivity index (χ2v) is 10.5. The molecule has 0 amide bonds. The van der Waals surface area contributed by atoms with Crippen molar-refractivity contribution < 1.29 is 21.9 Å². The number of hydrogen-bond donors (Lipinski definition) is 2. The molecular formula is C20H24F2N8O3S. The van der Waals surface area contributed by atoms with Gasteiger partial charge in [-0.3, -0.25) is 0 Å². The first-order valence-corrected chi connectivity index (χ1v) is 12.7. The summed E-state index contributed by atoms with van der Waals surface area (Å²) in [6.07, 6.45) is 1.75. The number of nitrogens with zero attached hydrogens (tertiary/aromatic N) is 6. The van der Waals surface area contributed by atoms with Gasteiger partial charge < -0.3 is 20.3 Å². The minimum absolute atomic E-state index is 0.00775. The van der Waals surface area contributed by atoms with Gasteiger partial charge >= 0.3 is 0 Å². The Bertz CT molecular complexity index is 1300. The second-order valence-electron chi connectivity index (χ2n) is 8.24. The molecule has 2 N–H and O–H groups in total. The molecule has 3 aromatic rings. The topological polar surface area (TPSA) is 127 Å². The zero-order chi connectivity index (χ0) is 23.9. The number of anilines is 2. The molecule has 2 aliphatic heterocycles. The van der Waals surface area contributed by atoms with Gasteiger partial charge in [-0.15, -0.1) is 5.10 Å². The summed E-state index contributed by atoms with van der Waals surface area (Å²) in [7, 11) is -1.60. The van der Waals surface area contributed by atoms with Crippen LogP contribution in [0.2, 0.25) is 0 Å². The van der Waals surface area contributed by atoms with Crippen LogP contribution in [0.15, 0.2) is 18.5 Å². The number of piperidine rings is 1. The van der Waals surface area contributed by atoms with Crippen molar-refractivity contribution in [3.05, 3.63) is 24.3 Å². The molecule has 0 unspecified atom stereocenters. The van der Waals surface area contributed by atoms with Gasteiger partial charge in [0.05, 0.1) is 37.1 Å². The lowest BCUT2D eigenvalue weighted by Gasteiger charge is -2.28. The average molecular weight is 495 g/mol. The van der Waals surface area contributed by atoms with E-state index in [0.29, 0.717) is 36.7 Å². The first-order chi connectivity index (χ1) is 16.3. The Morgan fingerprint density at radius 2 is 2.03 bits per heavy atom. The maximum atomic E-state index is 14.8. The molecule has 0 radical (unpaired) electrons. The number of sulfone groups is 1. The molecule has 0 aromatic carbocycles. The zero-order valence-corrected chi connectivity index (χ0v) is 19.2. The van der Waals surface area contributed by atoms with Gasteiger partial charge in [0.1, 0.15) is 17.6 Å². The molecule has 2 saturated heterocycles. The highest BCUT2D eigenvalue weighted by Gasteiger charge is 2.28. The van der Waals surface area contributed by atoms with Crippen LogP contribution in [0, 0.1) is 5.82 Å². The minimum atomic E-state index is -3.09. The predicted molar refractivity (Wildman–Crippen MR) is 121 cm³/mol. The normalized spacial score (nSPS) is 22.6. The molecular weight excluding hydrogens is 470 g/mol. The summed E-state index contributed by atoms with van der Waals surface area (Å²) in [5.74, 6) is 0.271. The van der Waals surface area contributed by atoms with E-state index in [-0.39, 0.29) is 41.9 Å². The number of fused-ring (bicyclic) bond motifs is 1. The fraction of sp³-hybridized carbons (Fsp3) is 0.500. The fourth-order valence-electron chi connectivity index (χ4n) is 4.09. The third kappa shape index (κ3) is 4.34. The van der Waals surface area contributed by atoms with Crippen LogP contribution in [0.3, 0.4) is 0 Å². The lowest BCUT2D eigenvalue weighted by atomic mass is 10.1. The summed E-state index contributed by atoms with van der Waals surface area (Å²) < 4.78 is 59.6. The molecule has 182 valence electrons. The summed E-state index contributed by atoms with van der Waals surface area (Å²) in [5, 5.41) is 10.6. The van der Waals surface area contributed by atoms with E-state index < -0.39 is 27.9 Å². The fourth-order valence-corrected chi connectivity index (χ4v) is 5.30. The Labute approximate surface area is 194 Å². The summed E-state index contributed by atoms with van der Waals surface area (Å²) in [5.41, 5.74) is 0.618. The molecule has 5 heterocycles. The van der Waals surface area contributed by atoms with Crippen molar-refractivity contribution in [2.75, 3.05) is 55.0 Å². The summed E-state index contributed by atoms with van der Waals surface area (Å²) in [4.78, 5) is 14.4. The van der Waals surface area contributed by atoms with Crippen LogP contribution in [0.25, 0.3) is 17.0 Å². The molecule has 0 spiro atoms. The van der Waals surface area contributed by atoms with Crippen molar-refractivity contribution in [3.8, 4) is 17.1 Å². The summed E-state index contributed by atoms with van der Waals surface area (Å²) in [6, 6.07) is 1.12. The summed E-state index contributed by atoms with van der Waals surface area (Å²) >= 11 is 0. The largest absolute Gasteiger partial charge is 0.493 e. The number of alkyl halides is 1. The smallest absolute Gasteiger partial charge is 0.223 e. The molecule has 14 heteroatoms. The number of halogens is 2. The number of imidazole rings is 1. The highest BCUT2D eigenvalue weighted by atomic mass is 32.2. The van der Waals surface area contributed by atoms with Gasteiger partial charge in [0.2, 0.25) is 5.95 Å². The van der Waals surface area contributed by atoms with Gasteiger partial charge in [0.25, 0.3) is 0 Å². The van der Waals surface area contributed by atoms with E-state index >= 15 is 0 Å². The maximum absolute atomic E-state index is 14.8. The van der Waals surface area contributed by atoms with Crippen LogP contribution >= 0.6 is 0 Å². The van der Waals surface area contributed by atoms with Crippen LogP contribution < -0.4 is 20.3 Å². The number of methoxy groups -OCH3 is 1. The highest BCUT2D eigenvalue weighted by molar-refractivity contribution is 7.91. The zero-order valence-electron chi connectivity index (χ0n) is 18.4. The number of hydrogen-bond acceptors (Lipinski definition) is 10. The van der Waals surface area contributed by atoms with Crippen molar-refractivity contribution in [1.82, 2.24) is 29.9 Å². The number of rotatable bonds is 5. The third-order valence-electron chi connectivity index (χ3n) is 6.00. The Morgan fingerprint density at radius 1 is 1.24 bits per heavy atom. The quantitative estimate of drug-likeness (QED) is 0.523. The van der Waals surface area contributed by atoms with E-state index in [2.05, 4.69) is 30.7 Å². The predicted octanol–water partition coefficient (Wildman–Crippen LogP) is 0.681. The van der Waals surface area contributed by atoms with Crippen molar-refractivity contribution >= 4 is 27.3 Å². The lowest BCUT2D eigenvalue weighted by Crippen LogP contribution is -2.46. The van der Waals surface area contributed by atoms with Crippen LogP contribution in [-0.4, -0.2) is 90.0 Å². The number of ether oxygens (including phenoxy) is 1. The molecule has 11 nitrogen and oxygen atoms in total. The van der Waals surface area contributed by atoms with Crippen molar-refractivity contribution in [1.29, 1.82) is 0 Å². The van der Waals surface area contributed by atoms with Crippen LogP contribution in [0.1, 0.15) is 6.42 Å². The average Bonchev–Trinajstić information content (AvgIpc) is 3.23. The van der Waals surface area contributed by atoms with Gasteiger partial charge in [0, 0.05) is 25.7 Å². The van der Waals surface area contributed by atoms with E-state index in [1.54, 1.807) is 6.07 Å². The Balaban J connectivity index is 1.51. The number of aromatic nitrogens is 5. The maximum Gasteiger partial charge on any atom is 0.223 e. The standard InChI is InChI=1S/C20H24F2N8O3S/c1-33-16-8-17-24-11-15(30(17)28-19(16)29-4-6-34(31,32)7-5-29)18-13(22)9-25-20(27-18)26-14-10-23-3-2-12(14)21/h8-9,11-12,14,23H,2-7,10H2,1H3,(H,25,26,27)/t12-,14-/m0/s1. The van der Waals surface area contributed by atoms with Crippen molar-refractivity contribution in [2.24, 2.45) is 0 Å². The van der Waals surface area contributed by atoms with Crippen LogP contribution in [0.5, 0.6) is 5.75 Å². The van der Waals surface area contributed by atoms with E-state index in [0.717, 1.165) is 6.20 Å². The van der Waals surface area contributed by atoms with Gasteiger partial charge in [-0.1, -0.05) is 0 Å². The molecule has 0 bridgehead atoms. The Morgan fingerprint density at radius 3 is 2.76 bits per heavy atom. The first-order valence-electron chi connectivity index (χ1n) is 10.9. The molecule has 34 heavy (non-hydrogen) atoms. The Hall–Kier alpha value is -3.13. The molecule has 0 aliphatic carbocycles. The highest BCUT2D eigenvalue weighted by Crippen LogP contribution is 2.31. The van der Waals surface area contributed by atoms with Gasteiger partial charge in [-0.05, 0) is 13.0 Å². The van der Waals surface area contributed by atoms with Crippen LogP contribution in [-0.2, 0) is 9.84 Å². The monoisotopic (exact) mass is 494 g/mol. The summed E-state index contributed by atoms with van der Waals surface area (Å²) in [6.45, 7) is 1.52. The van der Waals surface area contributed by atoms with Crippen molar-refractivity contribution in [2.45, 2.75) is 18.6 Å². The van der Waals surface area contributed by atoms with E-state index in [1.165, 1.54) is 17.8 Å². The first kappa shape index (κ1) is 22.7. The molecule has 5 rings (SSSR count). The number of nitrogens with one attached hydrogen (secondary N) is 2. The molecule has 3 aromatic heterocycles. The van der Waals surface area contributed by atoms with Crippen molar-refractivity contribution in [3.63, 3.8) is 0 Å². The molecule has 2 aliphatic rings. The van der Waals surface area contributed by atoms with Gasteiger partial charge in [0.15, 0.2) is 32.9 Å². The second kappa shape index (κ2) is 8.91. The molecule has 0 saturated carbocycles. The third-order valence-corrected chi connectivity index (χ3v) is 7.61. The van der Waals surface area contributed by atoms with E-state index in [9.17, 15) is 17.2 Å². The Kier molecular flexibility index (Phi) is 5.93. The van der Waals surface area contributed by atoms with Crippen LogP contribution in [0.4, 0.5) is 20.5 Å². The molecule has 2 atom stereocenters. The lowest BCUT2D eigenvalue weighted by molar-refractivity contribution is 0.240. The van der Waals surface area contributed by atoms with E-state index in [1.807, 2.05) is 4.90 Å². The van der Waals surface area contributed by atoms with E-state index in [4.69, 9.17) is 4.74 Å². The molecule has 2 fully saturated rings.